The van der Waals surface area contributed by atoms with Crippen LogP contribution in [0.2, 0.25) is 0 Å². The molecule has 23 heavy (non-hydrogen) atoms. The molecule has 2 heterocycles. The molecule has 1 aliphatic rings. The fourth-order valence-corrected chi connectivity index (χ4v) is 2.97. The van der Waals surface area contributed by atoms with Crippen LogP contribution >= 0.6 is 0 Å². The standard InChI is InChI=1S/C18H25N3O2/c1-18(2,3)14-7-5-12(6-8-14)16-19-17(21-20-16)15-13(11-22-4)9-10-23-15/h5-8,13,15H,9-11H2,1-4H3,(H,19,20,21)/t13-,15-/m0/s1. The first-order valence-electron chi connectivity index (χ1n) is 8.13. The molecule has 124 valence electrons. The smallest absolute Gasteiger partial charge is 0.181 e. The minimum absolute atomic E-state index is 0.0509. The highest BCUT2D eigenvalue weighted by atomic mass is 16.5. The Morgan fingerprint density at radius 1 is 1.26 bits per heavy atom. The Bertz CT molecular complexity index is 643. The van der Waals surface area contributed by atoms with Crippen molar-refractivity contribution in [2.45, 2.75) is 38.7 Å². The van der Waals surface area contributed by atoms with Crippen molar-refractivity contribution < 1.29 is 9.47 Å². The van der Waals surface area contributed by atoms with Gasteiger partial charge in [0, 0.05) is 25.2 Å². The summed E-state index contributed by atoms with van der Waals surface area (Å²) in [4.78, 5) is 4.64. The molecule has 1 aliphatic heterocycles. The highest BCUT2D eigenvalue weighted by molar-refractivity contribution is 5.55. The summed E-state index contributed by atoms with van der Waals surface area (Å²) in [5.74, 6) is 1.84. The van der Waals surface area contributed by atoms with Crippen LogP contribution in [0.3, 0.4) is 0 Å². The van der Waals surface area contributed by atoms with E-state index in [1.807, 2.05) is 0 Å². The fourth-order valence-electron chi connectivity index (χ4n) is 2.97. The molecule has 0 unspecified atom stereocenters. The molecule has 0 bridgehead atoms. The van der Waals surface area contributed by atoms with Gasteiger partial charge < -0.3 is 9.47 Å². The van der Waals surface area contributed by atoms with Gasteiger partial charge in [0.15, 0.2) is 11.6 Å². The number of H-pyrrole nitrogens is 1. The molecule has 0 saturated carbocycles. The molecule has 5 heteroatoms. The van der Waals surface area contributed by atoms with Crippen LogP contribution in [0, 0.1) is 5.92 Å². The molecular weight excluding hydrogens is 290 g/mol. The van der Waals surface area contributed by atoms with Gasteiger partial charge in [0.2, 0.25) is 0 Å². The second-order valence-electron chi connectivity index (χ2n) is 7.17. The van der Waals surface area contributed by atoms with Gasteiger partial charge in [0.25, 0.3) is 0 Å². The lowest BCUT2D eigenvalue weighted by Gasteiger charge is -2.18. The summed E-state index contributed by atoms with van der Waals surface area (Å²) >= 11 is 0. The van der Waals surface area contributed by atoms with Crippen molar-refractivity contribution in [1.29, 1.82) is 0 Å². The molecule has 0 spiro atoms. The lowest BCUT2D eigenvalue weighted by atomic mass is 9.87. The van der Waals surface area contributed by atoms with E-state index in [1.54, 1.807) is 7.11 Å². The van der Waals surface area contributed by atoms with Crippen molar-refractivity contribution in [3.63, 3.8) is 0 Å². The van der Waals surface area contributed by atoms with Crippen molar-refractivity contribution >= 4 is 0 Å². The van der Waals surface area contributed by atoms with Crippen molar-refractivity contribution in [1.82, 2.24) is 15.2 Å². The second-order valence-corrected chi connectivity index (χ2v) is 7.17. The average molecular weight is 315 g/mol. The van der Waals surface area contributed by atoms with E-state index in [1.165, 1.54) is 5.56 Å². The number of nitrogens with one attached hydrogen (secondary N) is 1. The molecule has 1 fully saturated rings. The van der Waals surface area contributed by atoms with Gasteiger partial charge in [-0.1, -0.05) is 45.0 Å². The third-order valence-electron chi connectivity index (χ3n) is 4.38. The molecule has 5 nitrogen and oxygen atoms in total. The lowest BCUT2D eigenvalue weighted by Crippen LogP contribution is -2.14. The Morgan fingerprint density at radius 3 is 2.65 bits per heavy atom. The molecule has 2 aromatic rings. The monoisotopic (exact) mass is 315 g/mol. The predicted molar refractivity (Wildman–Crippen MR) is 89.2 cm³/mol. The van der Waals surface area contributed by atoms with Crippen LogP contribution in [-0.2, 0) is 14.9 Å². The zero-order valence-electron chi connectivity index (χ0n) is 14.3. The first-order valence-corrected chi connectivity index (χ1v) is 8.13. The maximum atomic E-state index is 5.80. The van der Waals surface area contributed by atoms with E-state index in [9.17, 15) is 0 Å². The van der Waals surface area contributed by atoms with Crippen molar-refractivity contribution in [2.75, 3.05) is 20.3 Å². The number of methoxy groups -OCH3 is 1. The van der Waals surface area contributed by atoms with Crippen LogP contribution in [0.4, 0.5) is 0 Å². The third-order valence-corrected chi connectivity index (χ3v) is 4.38. The molecule has 1 saturated heterocycles. The van der Waals surface area contributed by atoms with E-state index in [-0.39, 0.29) is 11.5 Å². The van der Waals surface area contributed by atoms with Crippen LogP contribution in [0.1, 0.15) is 44.7 Å². The highest BCUT2D eigenvalue weighted by Crippen LogP contribution is 2.33. The molecule has 1 N–H and O–H groups in total. The number of aromatic nitrogens is 3. The maximum absolute atomic E-state index is 5.80. The van der Waals surface area contributed by atoms with Crippen molar-refractivity contribution in [2.24, 2.45) is 5.92 Å². The lowest BCUT2D eigenvalue weighted by molar-refractivity contribution is 0.0539. The van der Waals surface area contributed by atoms with E-state index >= 15 is 0 Å². The van der Waals surface area contributed by atoms with E-state index < -0.39 is 0 Å². The largest absolute Gasteiger partial charge is 0.384 e. The molecule has 0 aliphatic carbocycles. The van der Waals surface area contributed by atoms with Crippen LogP contribution < -0.4 is 0 Å². The summed E-state index contributed by atoms with van der Waals surface area (Å²) in [6.45, 7) is 8.05. The topological polar surface area (TPSA) is 60.0 Å². The molecule has 0 amide bonds. The van der Waals surface area contributed by atoms with Gasteiger partial charge in [-0.15, -0.1) is 0 Å². The summed E-state index contributed by atoms with van der Waals surface area (Å²) in [7, 11) is 1.72. The van der Waals surface area contributed by atoms with Crippen LogP contribution in [0.25, 0.3) is 11.4 Å². The maximum Gasteiger partial charge on any atom is 0.181 e. The summed E-state index contributed by atoms with van der Waals surface area (Å²) in [5, 5.41) is 7.40. The van der Waals surface area contributed by atoms with E-state index in [0.717, 1.165) is 24.4 Å². The van der Waals surface area contributed by atoms with E-state index in [2.05, 4.69) is 60.2 Å². The quantitative estimate of drug-likeness (QED) is 0.938. The summed E-state index contributed by atoms with van der Waals surface area (Å²) in [6, 6.07) is 8.45. The highest BCUT2D eigenvalue weighted by Gasteiger charge is 2.32. The normalized spacial score (nSPS) is 21.7. The minimum Gasteiger partial charge on any atom is -0.384 e. The van der Waals surface area contributed by atoms with E-state index in [0.29, 0.717) is 18.3 Å². The first kappa shape index (κ1) is 16.1. The molecule has 0 radical (unpaired) electrons. The molecule has 1 aromatic heterocycles. The van der Waals surface area contributed by atoms with E-state index in [4.69, 9.17) is 9.47 Å². The van der Waals surface area contributed by atoms with Crippen LogP contribution in [0.15, 0.2) is 24.3 Å². The van der Waals surface area contributed by atoms with Gasteiger partial charge in [0.05, 0.1) is 6.61 Å². The van der Waals surface area contributed by atoms with Crippen LogP contribution in [-0.4, -0.2) is 35.5 Å². The molecular formula is C18H25N3O2. The zero-order valence-corrected chi connectivity index (χ0v) is 14.3. The zero-order chi connectivity index (χ0) is 16.4. The van der Waals surface area contributed by atoms with Crippen molar-refractivity contribution in [3.8, 4) is 11.4 Å². The van der Waals surface area contributed by atoms with Gasteiger partial charge in [-0.3, -0.25) is 5.10 Å². The van der Waals surface area contributed by atoms with Gasteiger partial charge in [-0.05, 0) is 17.4 Å². The SMILES string of the molecule is COC[C@@H]1CCO[C@@H]1c1nc(-c2ccc(C(C)(C)C)cc2)n[nH]1. The number of hydrogen-bond acceptors (Lipinski definition) is 4. The minimum atomic E-state index is -0.0509. The predicted octanol–water partition coefficient (Wildman–Crippen LogP) is 3.49. The van der Waals surface area contributed by atoms with Gasteiger partial charge >= 0.3 is 0 Å². The Balaban J connectivity index is 1.79. The number of aromatic amines is 1. The van der Waals surface area contributed by atoms with Gasteiger partial charge in [0.1, 0.15) is 6.10 Å². The number of nitrogens with zero attached hydrogens (tertiary/aromatic N) is 2. The first-order chi connectivity index (χ1) is 11.0. The number of benzene rings is 1. The molecule has 2 atom stereocenters. The number of ether oxygens (including phenoxy) is 2. The second kappa shape index (κ2) is 6.42. The summed E-state index contributed by atoms with van der Waals surface area (Å²) < 4.78 is 11.1. The Kier molecular flexibility index (Phi) is 4.50. The number of hydrogen-bond donors (Lipinski definition) is 1. The van der Waals surface area contributed by atoms with Gasteiger partial charge in [-0.2, -0.15) is 5.10 Å². The molecule has 1 aromatic carbocycles. The fraction of sp³-hybridized carbons (Fsp3) is 0.556. The number of rotatable bonds is 4. The Morgan fingerprint density at radius 2 is 2.00 bits per heavy atom. The van der Waals surface area contributed by atoms with Gasteiger partial charge in [-0.25, -0.2) is 4.98 Å². The molecule has 3 rings (SSSR count). The Hall–Kier alpha value is -1.72. The Labute approximate surface area is 137 Å². The van der Waals surface area contributed by atoms with Crippen LogP contribution in [0.5, 0.6) is 0 Å². The summed E-state index contributed by atoms with van der Waals surface area (Å²) in [5.41, 5.74) is 2.46. The average Bonchev–Trinajstić information content (AvgIpc) is 3.15. The third kappa shape index (κ3) is 3.46. The summed E-state index contributed by atoms with van der Waals surface area (Å²) in [6.07, 6.45) is 0.944. The van der Waals surface area contributed by atoms with Crippen molar-refractivity contribution in [3.05, 3.63) is 35.7 Å².